The molecule has 2 rings (SSSR count). The van der Waals surface area contributed by atoms with E-state index in [1.807, 2.05) is 30.3 Å². The van der Waals surface area contributed by atoms with E-state index < -0.39 is 0 Å². The van der Waals surface area contributed by atoms with Gasteiger partial charge in [-0.3, -0.25) is 0 Å². The molecule has 1 nitrogen and oxygen atoms in total. The van der Waals surface area contributed by atoms with E-state index in [0.717, 1.165) is 11.1 Å². The second-order valence-electron chi connectivity index (χ2n) is 3.62. The minimum atomic E-state index is 0.503. The Labute approximate surface area is 99.9 Å². The summed E-state index contributed by atoms with van der Waals surface area (Å²) in [5, 5.41) is 9.30. The maximum atomic E-state index is 8.80. The first-order valence-corrected chi connectivity index (χ1v) is 5.36. The predicted octanol–water partition coefficient (Wildman–Crippen LogP) is 4.19. The second kappa shape index (κ2) is 4.38. The van der Waals surface area contributed by atoms with Gasteiger partial charge in [-0.25, -0.2) is 0 Å². The van der Waals surface area contributed by atoms with Gasteiger partial charge in [-0.1, -0.05) is 41.9 Å². The maximum absolute atomic E-state index is 8.80. The average molecular weight is 228 g/mol. The lowest BCUT2D eigenvalue weighted by Gasteiger charge is -2.06. The molecule has 16 heavy (non-hydrogen) atoms. The highest BCUT2D eigenvalue weighted by molar-refractivity contribution is 6.32. The Hall–Kier alpha value is -1.78. The lowest BCUT2D eigenvalue weighted by atomic mass is 10.00. The van der Waals surface area contributed by atoms with E-state index in [1.165, 1.54) is 5.56 Å². The van der Waals surface area contributed by atoms with Crippen LogP contribution in [0.4, 0.5) is 0 Å². The summed E-state index contributed by atoms with van der Waals surface area (Å²) in [6.45, 7) is 2.06. The molecule has 78 valence electrons. The van der Waals surface area contributed by atoms with Crippen LogP contribution in [0.25, 0.3) is 11.1 Å². The number of nitriles is 1. The van der Waals surface area contributed by atoms with Crippen molar-refractivity contribution in [3.05, 3.63) is 58.6 Å². The van der Waals surface area contributed by atoms with Gasteiger partial charge in [0, 0.05) is 0 Å². The fraction of sp³-hybridized carbons (Fsp3) is 0.0714. The normalized spacial score (nSPS) is 9.81. The number of nitrogens with zero attached hydrogens (tertiary/aromatic N) is 1. The van der Waals surface area contributed by atoms with Crippen molar-refractivity contribution in [2.24, 2.45) is 0 Å². The second-order valence-corrected chi connectivity index (χ2v) is 4.03. The van der Waals surface area contributed by atoms with E-state index in [2.05, 4.69) is 19.1 Å². The van der Waals surface area contributed by atoms with Gasteiger partial charge >= 0.3 is 0 Å². The molecule has 0 N–H and O–H groups in total. The molecule has 0 saturated carbocycles. The molecular formula is C14H10ClN. The van der Waals surface area contributed by atoms with Gasteiger partial charge in [-0.15, -0.1) is 0 Å². The molecule has 2 aromatic rings. The van der Waals surface area contributed by atoms with Crippen LogP contribution in [-0.4, -0.2) is 0 Å². The molecule has 2 heteroatoms. The van der Waals surface area contributed by atoms with Crippen molar-refractivity contribution in [3.8, 4) is 17.2 Å². The van der Waals surface area contributed by atoms with Crippen molar-refractivity contribution in [1.82, 2.24) is 0 Å². The summed E-state index contributed by atoms with van der Waals surface area (Å²) in [5.41, 5.74) is 3.90. The lowest BCUT2D eigenvalue weighted by Crippen LogP contribution is -1.84. The molecule has 0 heterocycles. The summed E-state index contributed by atoms with van der Waals surface area (Å²) in [5.74, 6) is 0. The number of aryl methyl sites for hydroxylation is 1. The van der Waals surface area contributed by atoms with Gasteiger partial charge in [-0.2, -0.15) is 5.26 Å². The summed E-state index contributed by atoms with van der Waals surface area (Å²) in [7, 11) is 0. The predicted molar refractivity (Wildman–Crippen MR) is 66.3 cm³/mol. The first-order valence-electron chi connectivity index (χ1n) is 4.98. The molecule has 0 radical (unpaired) electrons. The zero-order valence-corrected chi connectivity index (χ0v) is 9.62. The van der Waals surface area contributed by atoms with E-state index in [-0.39, 0.29) is 0 Å². The number of hydrogen-bond donors (Lipinski definition) is 0. The summed E-state index contributed by atoms with van der Waals surface area (Å²) >= 11 is 6.01. The largest absolute Gasteiger partial charge is 0.192 e. The quantitative estimate of drug-likeness (QED) is 0.717. The molecule has 0 aromatic heterocycles. The van der Waals surface area contributed by atoms with E-state index in [4.69, 9.17) is 16.9 Å². The van der Waals surface area contributed by atoms with Gasteiger partial charge < -0.3 is 0 Å². The van der Waals surface area contributed by atoms with Crippen molar-refractivity contribution in [1.29, 1.82) is 5.26 Å². The van der Waals surface area contributed by atoms with Crippen LogP contribution < -0.4 is 0 Å². The average Bonchev–Trinajstić information content (AvgIpc) is 2.29. The summed E-state index contributed by atoms with van der Waals surface area (Å²) in [6, 6.07) is 15.7. The van der Waals surface area contributed by atoms with Crippen LogP contribution >= 0.6 is 11.6 Å². The molecule has 0 aliphatic heterocycles. The van der Waals surface area contributed by atoms with Crippen molar-refractivity contribution >= 4 is 11.6 Å². The molecule has 0 atom stereocenters. The molecule has 0 aliphatic carbocycles. The van der Waals surface area contributed by atoms with Crippen molar-refractivity contribution < 1.29 is 0 Å². The molecule has 0 fully saturated rings. The minimum absolute atomic E-state index is 0.503. The Morgan fingerprint density at radius 3 is 2.50 bits per heavy atom. The molecule has 0 spiro atoms. The Morgan fingerprint density at radius 2 is 1.88 bits per heavy atom. The van der Waals surface area contributed by atoms with Crippen molar-refractivity contribution in [2.45, 2.75) is 6.92 Å². The Bertz CT molecular complexity index is 567. The highest BCUT2D eigenvalue weighted by Gasteiger charge is 2.04. The zero-order chi connectivity index (χ0) is 11.5. The topological polar surface area (TPSA) is 23.8 Å². The monoisotopic (exact) mass is 227 g/mol. The van der Waals surface area contributed by atoms with E-state index in [1.54, 1.807) is 6.07 Å². The molecule has 0 unspecified atom stereocenters. The van der Waals surface area contributed by atoms with Gasteiger partial charge in [0.15, 0.2) is 0 Å². The van der Waals surface area contributed by atoms with Gasteiger partial charge in [0.2, 0.25) is 0 Å². The third-order valence-electron chi connectivity index (χ3n) is 2.55. The first kappa shape index (κ1) is 10.7. The maximum Gasteiger partial charge on any atom is 0.101 e. The molecule has 0 saturated heterocycles. The van der Waals surface area contributed by atoms with Crippen LogP contribution in [0.1, 0.15) is 11.1 Å². The first-order chi connectivity index (χ1) is 7.72. The van der Waals surface area contributed by atoms with Gasteiger partial charge in [-0.05, 0) is 35.7 Å². The van der Waals surface area contributed by atoms with Crippen LogP contribution in [-0.2, 0) is 0 Å². The van der Waals surface area contributed by atoms with Crippen molar-refractivity contribution in [3.63, 3.8) is 0 Å². The third-order valence-corrected chi connectivity index (χ3v) is 2.86. The fourth-order valence-electron chi connectivity index (χ4n) is 1.67. The Morgan fingerprint density at radius 1 is 1.12 bits per heavy atom. The van der Waals surface area contributed by atoms with Gasteiger partial charge in [0.25, 0.3) is 0 Å². The summed E-state index contributed by atoms with van der Waals surface area (Å²) < 4.78 is 0. The third kappa shape index (κ3) is 1.93. The van der Waals surface area contributed by atoms with Crippen LogP contribution in [0.3, 0.4) is 0 Å². The lowest BCUT2D eigenvalue weighted by molar-refractivity contribution is 1.45. The standard InChI is InChI=1S/C14H10ClN/c1-10-4-2-3-5-13(10)11-6-7-12(9-16)14(15)8-11/h2-8H,1H3. The fourth-order valence-corrected chi connectivity index (χ4v) is 1.89. The summed E-state index contributed by atoms with van der Waals surface area (Å²) in [4.78, 5) is 0. The van der Waals surface area contributed by atoms with Crippen molar-refractivity contribution in [2.75, 3.05) is 0 Å². The minimum Gasteiger partial charge on any atom is -0.192 e. The number of hydrogen-bond acceptors (Lipinski definition) is 1. The van der Waals surface area contributed by atoms with E-state index in [9.17, 15) is 0 Å². The van der Waals surface area contributed by atoms with Crippen LogP contribution in [0, 0.1) is 18.3 Å². The smallest absolute Gasteiger partial charge is 0.101 e. The van der Waals surface area contributed by atoms with Gasteiger partial charge in [0.05, 0.1) is 10.6 Å². The number of benzene rings is 2. The Balaban J connectivity index is 2.55. The molecule has 2 aromatic carbocycles. The highest BCUT2D eigenvalue weighted by atomic mass is 35.5. The van der Waals surface area contributed by atoms with E-state index in [0.29, 0.717) is 10.6 Å². The van der Waals surface area contributed by atoms with Gasteiger partial charge in [0.1, 0.15) is 6.07 Å². The Kier molecular flexibility index (Phi) is 2.94. The molecule has 0 bridgehead atoms. The van der Waals surface area contributed by atoms with E-state index >= 15 is 0 Å². The molecular weight excluding hydrogens is 218 g/mol. The molecule has 0 aliphatic rings. The van der Waals surface area contributed by atoms with Crippen LogP contribution in [0.2, 0.25) is 5.02 Å². The molecule has 0 amide bonds. The number of rotatable bonds is 1. The SMILES string of the molecule is Cc1ccccc1-c1ccc(C#N)c(Cl)c1. The highest BCUT2D eigenvalue weighted by Crippen LogP contribution is 2.27. The summed E-state index contributed by atoms with van der Waals surface area (Å²) in [6.07, 6.45) is 0. The number of halogens is 1. The zero-order valence-electron chi connectivity index (χ0n) is 8.87. The van der Waals surface area contributed by atoms with Crippen LogP contribution in [0.15, 0.2) is 42.5 Å². The van der Waals surface area contributed by atoms with Crippen LogP contribution in [0.5, 0.6) is 0 Å².